The van der Waals surface area contributed by atoms with E-state index in [0.717, 1.165) is 18.4 Å². The van der Waals surface area contributed by atoms with Crippen LogP contribution in [-0.2, 0) is 11.3 Å². The van der Waals surface area contributed by atoms with Gasteiger partial charge >= 0.3 is 0 Å². The van der Waals surface area contributed by atoms with Crippen LogP contribution in [-0.4, -0.2) is 58.7 Å². The maximum absolute atomic E-state index is 13.5. The number of carbonyl (C=O) groups is 1. The smallest absolute Gasteiger partial charge is 0.263 e. The Bertz CT molecular complexity index is 1160. The number of ether oxygens (including phenoxy) is 3. The molecule has 8 heteroatoms. The van der Waals surface area contributed by atoms with Crippen molar-refractivity contribution in [1.29, 1.82) is 0 Å². The summed E-state index contributed by atoms with van der Waals surface area (Å²) in [5.74, 6) is 1.31. The highest BCUT2D eigenvalue weighted by Crippen LogP contribution is 2.54. The number of aromatic nitrogens is 1. The fourth-order valence-electron chi connectivity index (χ4n) is 6.03. The minimum Gasteiger partial charge on any atom is -0.454 e. The number of aryl methyl sites for hydroxylation is 1. The lowest BCUT2D eigenvalue weighted by Gasteiger charge is -2.27. The molecule has 6 rings (SSSR count). The summed E-state index contributed by atoms with van der Waals surface area (Å²) in [5, 5.41) is 9.84. The van der Waals surface area contributed by atoms with E-state index in [4.69, 9.17) is 14.2 Å². The molecule has 0 radical (unpaired) electrons. The van der Waals surface area contributed by atoms with E-state index in [1.54, 1.807) is 22.6 Å². The van der Waals surface area contributed by atoms with Gasteiger partial charge in [-0.25, -0.2) is 0 Å². The molecular weight excluding hydrogens is 412 g/mol. The first-order chi connectivity index (χ1) is 15.5. The monoisotopic (exact) mass is 438 g/mol. The topological polar surface area (TPSA) is 90.2 Å². The predicted octanol–water partition coefficient (Wildman–Crippen LogP) is 1.55. The molecule has 0 saturated carbocycles. The molecule has 4 aliphatic heterocycles. The second-order valence-electron chi connectivity index (χ2n) is 9.39. The highest BCUT2D eigenvalue weighted by Gasteiger charge is 2.63. The molecule has 0 aliphatic carbocycles. The highest BCUT2D eigenvalue weighted by atomic mass is 16.7. The zero-order valence-corrected chi connectivity index (χ0v) is 18.0. The van der Waals surface area contributed by atoms with Crippen LogP contribution < -0.4 is 15.0 Å². The predicted molar refractivity (Wildman–Crippen MR) is 114 cm³/mol. The molecule has 1 amide bonds. The van der Waals surface area contributed by atoms with Crippen LogP contribution in [0.5, 0.6) is 11.5 Å². The molecule has 3 saturated heterocycles. The Kier molecular flexibility index (Phi) is 4.39. The number of nitrogens with zero attached hydrogens (tertiary/aromatic N) is 2. The van der Waals surface area contributed by atoms with Gasteiger partial charge in [-0.05, 0) is 49.1 Å². The van der Waals surface area contributed by atoms with Crippen molar-refractivity contribution in [1.82, 2.24) is 9.47 Å². The van der Waals surface area contributed by atoms with Crippen molar-refractivity contribution in [3.63, 3.8) is 0 Å². The van der Waals surface area contributed by atoms with Crippen LogP contribution in [0, 0.1) is 18.8 Å². The summed E-state index contributed by atoms with van der Waals surface area (Å²) in [6.07, 6.45) is 3.66. The summed E-state index contributed by atoms with van der Waals surface area (Å²) in [6.45, 7) is 3.41. The summed E-state index contributed by atoms with van der Waals surface area (Å²) in [5.41, 5.74) is 1.11. The Hall–Kier alpha value is -2.84. The first-order valence-corrected chi connectivity index (χ1v) is 11.2. The number of amides is 1. The molecule has 4 aliphatic rings. The van der Waals surface area contributed by atoms with Crippen molar-refractivity contribution in [2.24, 2.45) is 11.8 Å². The van der Waals surface area contributed by atoms with Crippen LogP contribution in [0.25, 0.3) is 0 Å². The summed E-state index contributed by atoms with van der Waals surface area (Å²) >= 11 is 0. The molecule has 8 nitrogen and oxygen atoms in total. The van der Waals surface area contributed by atoms with Crippen LogP contribution >= 0.6 is 0 Å². The van der Waals surface area contributed by atoms with Crippen molar-refractivity contribution < 1.29 is 24.1 Å². The van der Waals surface area contributed by atoms with Gasteiger partial charge < -0.3 is 28.8 Å². The van der Waals surface area contributed by atoms with Crippen molar-refractivity contribution in [3.8, 4) is 11.5 Å². The standard InChI is InChI=1S/C24H26N2O6/c1-14-5-7-25(9-15-2-3-19-20(8-15)31-13-30-19)22(28)21(14)23(29)26-10-17-16(11-27)18-4-6-24(17,12-26)32-18/h2-3,5,7-8,16-18,27H,4,6,9-13H2,1H3/t16-,17+,18+,24+/m1/s1. The lowest BCUT2D eigenvalue weighted by Crippen LogP contribution is -2.39. The number of pyridine rings is 1. The molecule has 32 heavy (non-hydrogen) atoms. The molecule has 1 aromatic heterocycles. The summed E-state index contributed by atoms with van der Waals surface area (Å²) in [7, 11) is 0. The van der Waals surface area contributed by atoms with Gasteiger partial charge in [0.25, 0.3) is 11.5 Å². The summed E-state index contributed by atoms with van der Waals surface area (Å²) in [4.78, 5) is 28.6. The fourth-order valence-corrected chi connectivity index (χ4v) is 6.03. The SMILES string of the molecule is Cc1ccn(Cc2ccc3c(c2)OCO3)c(=O)c1C(=O)N1C[C@H]2[C@@H](CO)[C@@H]3CC[C@@]2(C1)O3. The van der Waals surface area contributed by atoms with Gasteiger partial charge in [-0.15, -0.1) is 0 Å². The van der Waals surface area contributed by atoms with E-state index in [2.05, 4.69) is 0 Å². The van der Waals surface area contributed by atoms with Crippen LogP contribution in [0.4, 0.5) is 0 Å². The Balaban J connectivity index is 1.28. The van der Waals surface area contributed by atoms with E-state index < -0.39 is 0 Å². The maximum Gasteiger partial charge on any atom is 0.263 e. The molecule has 5 heterocycles. The molecule has 4 atom stereocenters. The molecule has 2 aromatic rings. The van der Waals surface area contributed by atoms with Gasteiger partial charge in [0.2, 0.25) is 6.79 Å². The molecule has 168 valence electrons. The van der Waals surface area contributed by atoms with Gasteiger partial charge in [0.15, 0.2) is 11.5 Å². The molecule has 2 bridgehead atoms. The molecule has 1 N–H and O–H groups in total. The van der Waals surface area contributed by atoms with Gasteiger partial charge in [0.05, 0.1) is 24.8 Å². The van der Waals surface area contributed by atoms with E-state index in [1.807, 2.05) is 24.3 Å². The maximum atomic E-state index is 13.5. The molecule has 0 unspecified atom stereocenters. The number of aliphatic hydroxyl groups is 1. The average Bonchev–Trinajstić information content (AvgIpc) is 3.54. The quantitative estimate of drug-likeness (QED) is 0.779. The van der Waals surface area contributed by atoms with Crippen LogP contribution in [0.2, 0.25) is 0 Å². The van der Waals surface area contributed by atoms with Crippen LogP contribution in [0.3, 0.4) is 0 Å². The van der Waals surface area contributed by atoms with Gasteiger partial charge in [-0.3, -0.25) is 9.59 Å². The third-order valence-corrected chi connectivity index (χ3v) is 7.66. The molecule has 1 aromatic carbocycles. The van der Waals surface area contributed by atoms with Crippen molar-refractivity contribution >= 4 is 5.91 Å². The number of carbonyl (C=O) groups excluding carboxylic acids is 1. The number of fused-ring (bicyclic) bond motifs is 2. The number of hydrogen-bond donors (Lipinski definition) is 1. The number of benzene rings is 1. The third kappa shape index (κ3) is 2.82. The zero-order valence-electron chi connectivity index (χ0n) is 18.0. The zero-order chi connectivity index (χ0) is 22.0. The first kappa shape index (κ1) is 19.8. The van der Waals surface area contributed by atoms with E-state index in [-0.39, 0.29) is 54.0 Å². The molecule has 3 fully saturated rings. The van der Waals surface area contributed by atoms with Gasteiger partial charge in [0.1, 0.15) is 5.56 Å². The van der Waals surface area contributed by atoms with Gasteiger partial charge in [-0.2, -0.15) is 0 Å². The van der Waals surface area contributed by atoms with Gasteiger partial charge in [0, 0.05) is 31.2 Å². The second kappa shape index (κ2) is 7.08. The number of hydrogen-bond acceptors (Lipinski definition) is 6. The first-order valence-electron chi connectivity index (χ1n) is 11.2. The van der Waals surface area contributed by atoms with E-state index in [0.29, 0.717) is 36.7 Å². The van der Waals surface area contributed by atoms with Crippen molar-refractivity contribution in [2.75, 3.05) is 26.5 Å². The lowest BCUT2D eigenvalue weighted by atomic mass is 9.74. The minimum atomic E-state index is -0.359. The third-order valence-electron chi connectivity index (χ3n) is 7.66. The van der Waals surface area contributed by atoms with Gasteiger partial charge in [-0.1, -0.05) is 6.07 Å². The van der Waals surface area contributed by atoms with Crippen LogP contribution in [0.1, 0.15) is 34.3 Å². The fraction of sp³-hybridized carbons (Fsp3) is 0.500. The van der Waals surface area contributed by atoms with E-state index in [1.165, 1.54) is 0 Å². The number of aliphatic hydroxyl groups excluding tert-OH is 1. The summed E-state index contributed by atoms with van der Waals surface area (Å²) in [6, 6.07) is 7.40. The van der Waals surface area contributed by atoms with E-state index >= 15 is 0 Å². The molecule has 1 spiro atoms. The Morgan fingerprint density at radius 2 is 2.09 bits per heavy atom. The Morgan fingerprint density at radius 1 is 1.25 bits per heavy atom. The Morgan fingerprint density at radius 3 is 2.94 bits per heavy atom. The highest BCUT2D eigenvalue weighted by molar-refractivity contribution is 5.95. The van der Waals surface area contributed by atoms with Crippen molar-refractivity contribution in [2.45, 2.75) is 38.0 Å². The second-order valence-corrected chi connectivity index (χ2v) is 9.39. The molecular formula is C24H26N2O6. The van der Waals surface area contributed by atoms with E-state index in [9.17, 15) is 14.7 Å². The average molecular weight is 438 g/mol. The van der Waals surface area contributed by atoms with Crippen molar-refractivity contribution in [3.05, 3.63) is 57.5 Å². The minimum absolute atomic E-state index is 0.0704. The number of likely N-dealkylation sites (tertiary alicyclic amines) is 1. The lowest BCUT2D eigenvalue weighted by molar-refractivity contribution is 0.00150. The largest absolute Gasteiger partial charge is 0.454 e. The normalized spacial score (nSPS) is 29.6. The number of rotatable bonds is 4. The summed E-state index contributed by atoms with van der Waals surface area (Å²) < 4.78 is 18.6. The Labute approximate surface area is 185 Å². The van der Waals surface area contributed by atoms with Crippen LogP contribution in [0.15, 0.2) is 35.3 Å².